The van der Waals surface area contributed by atoms with Crippen molar-refractivity contribution in [1.29, 1.82) is 0 Å². The fourth-order valence-electron chi connectivity index (χ4n) is 2.77. The molecule has 0 aromatic carbocycles. The van der Waals surface area contributed by atoms with Crippen LogP contribution in [0.25, 0.3) is 0 Å². The van der Waals surface area contributed by atoms with Crippen molar-refractivity contribution in [2.24, 2.45) is 0 Å². The zero-order valence-electron chi connectivity index (χ0n) is 17.0. The maximum absolute atomic E-state index is 4.62. The molecule has 0 aliphatic carbocycles. The van der Waals surface area contributed by atoms with Gasteiger partial charge >= 0.3 is 0 Å². The summed E-state index contributed by atoms with van der Waals surface area (Å²) in [7, 11) is 6.11. The molecule has 2 rings (SSSR count). The lowest BCUT2D eigenvalue weighted by molar-refractivity contribution is 0.147. The summed E-state index contributed by atoms with van der Waals surface area (Å²) in [5, 5.41) is 3.53. The van der Waals surface area contributed by atoms with Gasteiger partial charge in [-0.2, -0.15) is 15.0 Å². The Labute approximate surface area is 152 Å². The molecule has 1 aliphatic heterocycles. The minimum Gasteiger partial charge on any atom is -0.349 e. The molecule has 0 saturated carbocycles. The maximum Gasteiger partial charge on any atom is 0.229 e. The van der Waals surface area contributed by atoms with Crippen LogP contribution >= 0.6 is 0 Å². The fraction of sp³-hybridized carbons (Fsp3) is 0.833. The van der Waals surface area contributed by atoms with E-state index in [1.165, 1.54) is 0 Å². The minimum absolute atomic E-state index is 0.0669. The van der Waals surface area contributed by atoms with E-state index >= 15 is 0 Å². The highest BCUT2D eigenvalue weighted by Gasteiger charge is 2.23. The first-order chi connectivity index (χ1) is 11.7. The second-order valence-electron chi connectivity index (χ2n) is 8.27. The van der Waals surface area contributed by atoms with Crippen molar-refractivity contribution in [3.05, 3.63) is 5.82 Å². The third-order valence-electron chi connectivity index (χ3n) is 4.66. The van der Waals surface area contributed by atoms with E-state index in [4.69, 9.17) is 0 Å². The monoisotopic (exact) mass is 349 g/mol. The van der Waals surface area contributed by atoms with Gasteiger partial charge in [0.05, 0.1) is 0 Å². The average molecular weight is 350 g/mol. The molecule has 1 aliphatic rings. The van der Waals surface area contributed by atoms with Gasteiger partial charge in [-0.05, 0) is 27.3 Å². The average Bonchev–Trinajstić information content (AvgIpc) is 2.53. The van der Waals surface area contributed by atoms with Gasteiger partial charge in [-0.3, -0.25) is 0 Å². The van der Waals surface area contributed by atoms with Gasteiger partial charge in [0.15, 0.2) is 0 Å². The largest absolute Gasteiger partial charge is 0.349 e. The second-order valence-corrected chi connectivity index (χ2v) is 8.27. The van der Waals surface area contributed by atoms with Crippen molar-refractivity contribution in [2.75, 3.05) is 64.1 Å². The SMILES string of the molecule is CC(C)c1nc(NC(C)(C)CCN2CCN(C)CC2)nc(N(C)C)n1. The summed E-state index contributed by atoms with van der Waals surface area (Å²) in [6.07, 6.45) is 1.05. The number of piperazine rings is 1. The molecule has 0 amide bonds. The van der Waals surface area contributed by atoms with Gasteiger partial charge < -0.3 is 20.0 Å². The van der Waals surface area contributed by atoms with Crippen molar-refractivity contribution < 1.29 is 0 Å². The Morgan fingerprint density at radius 3 is 2.28 bits per heavy atom. The van der Waals surface area contributed by atoms with Crippen molar-refractivity contribution >= 4 is 11.9 Å². The number of hydrogen-bond acceptors (Lipinski definition) is 7. The standard InChI is InChI=1S/C18H35N7/c1-14(2)15-19-16(21-17(20-15)23(5)6)22-18(3,4)8-9-25-12-10-24(7)11-13-25/h14H,8-13H2,1-7H3,(H,19,20,21,22). The molecule has 7 heteroatoms. The van der Waals surface area contributed by atoms with E-state index in [1.54, 1.807) is 0 Å². The third kappa shape index (κ3) is 6.08. The molecule has 0 spiro atoms. The lowest BCUT2D eigenvalue weighted by Gasteiger charge is -2.35. The molecule has 7 nitrogen and oxygen atoms in total. The van der Waals surface area contributed by atoms with Gasteiger partial charge in [0.2, 0.25) is 11.9 Å². The van der Waals surface area contributed by atoms with Gasteiger partial charge in [-0.15, -0.1) is 0 Å². The Kier molecular flexibility index (Phi) is 6.57. The van der Waals surface area contributed by atoms with E-state index in [2.05, 4.69) is 64.8 Å². The van der Waals surface area contributed by atoms with Gasteiger partial charge in [-0.25, -0.2) is 0 Å². The highest BCUT2D eigenvalue weighted by molar-refractivity contribution is 5.37. The first-order valence-corrected chi connectivity index (χ1v) is 9.28. The summed E-state index contributed by atoms with van der Waals surface area (Å²) < 4.78 is 0. The van der Waals surface area contributed by atoms with E-state index in [0.717, 1.165) is 45.0 Å². The van der Waals surface area contributed by atoms with E-state index in [0.29, 0.717) is 11.9 Å². The first-order valence-electron chi connectivity index (χ1n) is 9.28. The second kappa shape index (κ2) is 8.27. The molecular weight excluding hydrogens is 314 g/mol. The van der Waals surface area contributed by atoms with Crippen LogP contribution in [0.15, 0.2) is 0 Å². The zero-order chi connectivity index (χ0) is 18.6. The minimum atomic E-state index is -0.0669. The van der Waals surface area contributed by atoms with Crippen LogP contribution < -0.4 is 10.2 Å². The lowest BCUT2D eigenvalue weighted by Crippen LogP contribution is -2.46. The molecule has 1 fully saturated rings. The third-order valence-corrected chi connectivity index (χ3v) is 4.66. The van der Waals surface area contributed by atoms with Crippen molar-refractivity contribution in [2.45, 2.75) is 45.6 Å². The van der Waals surface area contributed by atoms with Gasteiger partial charge in [-0.1, -0.05) is 13.8 Å². The van der Waals surface area contributed by atoms with Crippen LogP contribution in [-0.4, -0.2) is 84.2 Å². The quantitative estimate of drug-likeness (QED) is 0.806. The Bertz CT molecular complexity index is 522. The van der Waals surface area contributed by atoms with Crippen LogP contribution in [-0.2, 0) is 0 Å². The Morgan fingerprint density at radius 2 is 1.72 bits per heavy atom. The summed E-state index contributed by atoms with van der Waals surface area (Å²) in [5.41, 5.74) is -0.0669. The molecule has 0 atom stereocenters. The molecule has 142 valence electrons. The smallest absolute Gasteiger partial charge is 0.229 e. The van der Waals surface area contributed by atoms with Crippen LogP contribution in [0.4, 0.5) is 11.9 Å². The van der Waals surface area contributed by atoms with E-state index in [1.807, 2.05) is 19.0 Å². The first kappa shape index (κ1) is 19.8. The molecule has 0 radical (unpaired) electrons. The Balaban J connectivity index is 2.01. The van der Waals surface area contributed by atoms with Crippen molar-refractivity contribution in [1.82, 2.24) is 24.8 Å². The number of rotatable bonds is 7. The number of nitrogens with one attached hydrogen (secondary N) is 1. The molecule has 1 saturated heterocycles. The Morgan fingerprint density at radius 1 is 1.08 bits per heavy atom. The number of hydrogen-bond donors (Lipinski definition) is 1. The van der Waals surface area contributed by atoms with Gasteiger partial charge in [0.1, 0.15) is 5.82 Å². The number of likely N-dealkylation sites (N-methyl/N-ethyl adjacent to an activating group) is 1. The molecule has 1 aromatic rings. The van der Waals surface area contributed by atoms with E-state index in [-0.39, 0.29) is 11.5 Å². The van der Waals surface area contributed by atoms with Crippen LogP contribution in [0, 0.1) is 0 Å². The molecule has 0 bridgehead atoms. The van der Waals surface area contributed by atoms with Crippen LogP contribution in [0.1, 0.15) is 45.9 Å². The van der Waals surface area contributed by atoms with Crippen LogP contribution in [0.5, 0.6) is 0 Å². The van der Waals surface area contributed by atoms with E-state index < -0.39 is 0 Å². The molecule has 1 N–H and O–H groups in total. The highest BCUT2D eigenvalue weighted by atomic mass is 15.3. The Hall–Kier alpha value is -1.47. The van der Waals surface area contributed by atoms with Crippen molar-refractivity contribution in [3.63, 3.8) is 0 Å². The van der Waals surface area contributed by atoms with Gasteiger partial charge in [0, 0.05) is 58.3 Å². The molecule has 1 aromatic heterocycles. The number of aromatic nitrogens is 3. The molecular formula is C18H35N7. The summed E-state index contributed by atoms with van der Waals surface area (Å²) in [4.78, 5) is 20.6. The van der Waals surface area contributed by atoms with Crippen molar-refractivity contribution in [3.8, 4) is 0 Å². The van der Waals surface area contributed by atoms with Crippen LogP contribution in [0.2, 0.25) is 0 Å². The van der Waals surface area contributed by atoms with Crippen LogP contribution in [0.3, 0.4) is 0 Å². The fourth-order valence-corrected chi connectivity index (χ4v) is 2.77. The predicted octanol–water partition coefficient (Wildman–Crippen LogP) is 1.89. The topological polar surface area (TPSA) is 60.4 Å². The summed E-state index contributed by atoms with van der Waals surface area (Å²) >= 11 is 0. The number of nitrogens with zero attached hydrogens (tertiary/aromatic N) is 6. The molecule has 2 heterocycles. The van der Waals surface area contributed by atoms with E-state index in [9.17, 15) is 0 Å². The normalized spacial score (nSPS) is 17.1. The summed E-state index contributed by atoms with van der Waals surface area (Å²) in [5.74, 6) is 2.48. The maximum atomic E-state index is 4.62. The number of anilines is 2. The predicted molar refractivity (Wildman–Crippen MR) is 104 cm³/mol. The zero-order valence-corrected chi connectivity index (χ0v) is 17.0. The molecule has 0 unspecified atom stereocenters. The van der Waals surface area contributed by atoms with Gasteiger partial charge in [0.25, 0.3) is 0 Å². The lowest BCUT2D eigenvalue weighted by atomic mass is 10.0. The highest BCUT2D eigenvalue weighted by Crippen LogP contribution is 2.20. The summed E-state index contributed by atoms with van der Waals surface area (Å²) in [6.45, 7) is 14.4. The summed E-state index contributed by atoms with van der Waals surface area (Å²) in [6, 6.07) is 0. The molecule has 25 heavy (non-hydrogen) atoms.